The van der Waals surface area contributed by atoms with Crippen molar-refractivity contribution in [3.05, 3.63) is 12.4 Å². The Bertz CT molecular complexity index is 485. The number of alkyl halides is 3. The van der Waals surface area contributed by atoms with Gasteiger partial charge in [-0.1, -0.05) is 0 Å². The van der Waals surface area contributed by atoms with Crippen LogP contribution in [0.3, 0.4) is 0 Å². The zero-order valence-electron chi connectivity index (χ0n) is 13.0. The summed E-state index contributed by atoms with van der Waals surface area (Å²) in [4.78, 5) is 11.3. The molecule has 0 aromatic carbocycles. The molecule has 2 N–H and O–H groups in total. The first-order valence-electron chi connectivity index (χ1n) is 6.99. The second kappa shape index (κ2) is 8.73. The smallest absolute Gasteiger partial charge is 0.475 e. The van der Waals surface area contributed by atoms with Crippen molar-refractivity contribution in [1.29, 1.82) is 0 Å². The molecule has 0 amide bonds. The number of carboxylic acids is 1. The van der Waals surface area contributed by atoms with Crippen LogP contribution in [0, 0.1) is 0 Å². The Balaban J connectivity index is 0.000000322. The standard InChI is InChI=1S/C11H20N4O.C2HF3O2/c1-14-5-3-10(4-6-14)13-11-7-12-15(8-11)9-16-2;3-2(4,5)1(6)7/h7-8,10,13H,3-6,9H2,1-2H3;(H,6,7). The highest BCUT2D eigenvalue weighted by Crippen LogP contribution is 2.15. The molecule has 0 atom stereocenters. The minimum absolute atomic E-state index is 0.509. The summed E-state index contributed by atoms with van der Waals surface area (Å²) in [6.45, 7) is 2.85. The lowest BCUT2D eigenvalue weighted by atomic mass is 10.1. The first-order valence-corrected chi connectivity index (χ1v) is 6.99. The monoisotopic (exact) mass is 338 g/mol. The molecule has 1 aromatic heterocycles. The second-order valence-electron chi connectivity index (χ2n) is 5.21. The molecule has 1 aliphatic rings. The van der Waals surface area contributed by atoms with Crippen molar-refractivity contribution in [3.63, 3.8) is 0 Å². The lowest BCUT2D eigenvalue weighted by Crippen LogP contribution is -2.36. The summed E-state index contributed by atoms with van der Waals surface area (Å²) in [5, 5.41) is 14.8. The third-order valence-electron chi connectivity index (χ3n) is 3.23. The Hall–Kier alpha value is -1.81. The molecule has 2 heterocycles. The van der Waals surface area contributed by atoms with E-state index in [1.807, 2.05) is 12.4 Å². The van der Waals surface area contributed by atoms with E-state index in [-0.39, 0.29) is 0 Å². The Labute approximate surface area is 132 Å². The molecule has 1 fully saturated rings. The topological polar surface area (TPSA) is 79.6 Å². The van der Waals surface area contributed by atoms with Gasteiger partial charge in [-0.3, -0.25) is 0 Å². The van der Waals surface area contributed by atoms with Gasteiger partial charge in [0.05, 0.1) is 18.1 Å². The van der Waals surface area contributed by atoms with E-state index in [0.717, 1.165) is 5.69 Å². The number of aromatic nitrogens is 2. The lowest BCUT2D eigenvalue weighted by molar-refractivity contribution is -0.192. The maximum Gasteiger partial charge on any atom is 0.490 e. The zero-order valence-corrected chi connectivity index (χ0v) is 13.0. The summed E-state index contributed by atoms with van der Waals surface area (Å²) in [6, 6.07) is 0.580. The van der Waals surface area contributed by atoms with Gasteiger partial charge in [0, 0.05) is 13.2 Å². The number of carbonyl (C=O) groups is 1. The Morgan fingerprint density at radius 1 is 1.48 bits per heavy atom. The van der Waals surface area contributed by atoms with Crippen LogP contribution < -0.4 is 5.32 Å². The van der Waals surface area contributed by atoms with Crippen LogP contribution in [0.15, 0.2) is 12.4 Å². The summed E-state index contributed by atoms with van der Waals surface area (Å²) in [6.07, 6.45) is 1.16. The van der Waals surface area contributed by atoms with Crippen LogP contribution in [-0.2, 0) is 16.3 Å². The van der Waals surface area contributed by atoms with Gasteiger partial charge in [-0.2, -0.15) is 18.3 Å². The van der Waals surface area contributed by atoms with Crippen molar-refractivity contribution in [2.45, 2.75) is 31.8 Å². The summed E-state index contributed by atoms with van der Waals surface area (Å²) in [7, 11) is 3.85. The summed E-state index contributed by atoms with van der Waals surface area (Å²) >= 11 is 0. The molecule has 1 aromatic rings. The number of hydrogen-bond donors (Lipinski definition) is 2. The number of aliphatic carboxylic acids is 1. The molecule has 23 heavy (non-hydrogen) atoms. The highest BCUT2D eigenvalue weighted by Gasteiger charge is 2.38. The summed E-state index contributed by atoms with van der Waals surface area (Å²) < 4.78 is 38.5. The number of piperidine rings is 1. The Kier molecular flexibility index (Phi) is 7.30. The molecule has 1 saturated heterocycles. The van der Waals surface area contributed by atoms with Crippen LogP contribution >= 0.6 is 0 Å². The van der Waals surface area contributed by atoms with Gasteiger partial charge in [0.15, 0.2) is 0 Å². The van der Waals surface area contributed by atoms with E-state index >= 15 is 0 Å². The normalized spacial score (nSPS) is 16.6. The number of nitrogens with zero attached hydrogens (tertiary/aromatic N) is 3. The number of ether oxygens (including phenoxy) is 1. The molecule has 1 aliphatic heterocycles. The van der Waals surface area contributed by atoms with Crippen molar-refractivity contribution < 1.29 is 27.8 Å². The van der Waals surface area contributed by atoms with Gasteiger partial charge in [-0.25, -0.2) is 9.48 Å². The van der Waals surface area contributed by atoms with Crippen LogP contribution in [-0.4, -0.2) is 65.2 Å². The second-order valence-corrected chi connectivity index (χ2v) is 5.21. The number of rotatable bonds is 4. The number of nitrogens with one attached hydrogen (secondary N) is 1. The van der Waals surface area contributed by atoms with E-state index in [1.54, 1.807) is 11.8 Å². The van der Waals surface area contributed by atoms with Gasteiger partial charge in [0.25, 0.3) is 0 Å². The van der Waals surface area contributed by atoms with Gasteiger partial charge in [0.1, 0.15) is 6.73 Å². The fourth-order valence-electron chi connectivity index (χ4n) is 2.03. The number of hydrogen-bond acceptors (Lipinski definition) is 5. The molecule has 0 radical (unpaired) electrons. The fraction of sp³-hybridized carbons (Fsp3) is 0.692. The van der Waals surface area contributed by atoms with E-state index in [4.69, 9.17) is 14.6 Å². The summed E-state index contributed by atoms with van der Waals surface area (Å²) in [5.74, 6) is -2.76. The average Bonchev–Trinajstić information content (AvgIpc) is 2.89. The van der Waals surface area contributed by atoms with Gasteiger partial charge < -0.3 is 20.1 Å². The third-order valence-corrected chi connectivity index (χ3v) is 3.23. The predicted molar refractivity (Wildman–Crippen MR) is 77.1 cm³/mol. The molecule has 132 valence electrons. The van der Waals surface area contributed by atoms with Crippen molar-refractivity contribution in [2.75, 3.05) is 32.6 Å². The quantitative estimate of drug-likeness (QED) is 0.869. The molecular weight excluding hydrogens is 317 g/mol. The van der Waals surface area contributed by atoms with Crippen molar-refractivity contribution in [1.82, 2.24) is 14.7 Å². The molecule has 0 bridgehead atoms. The number of anilines is 1. The van der Waals surface area contributed by atoms with Gasteiger partial charge in [0.2, 0.25) is 0 Å². The van der Waals surface area contributed by atoms with E-state index in [0.29, 0.717) is 12.8 Å². The fourth-order valence-corrected chi connectivity index (χ4v) is 2.03. The predicted octanol–water partition coefficient (Wildman–Crippen LogP) is 1.63. The molecule has 7 nitrogen and oxygen atoms in total. The third kappa shape index (κ3) is 7.33. The van der Waals surface area contributed by atoms with Gasteiger partial charge in [-0.15, -0.1) is 0 Å². The average molecular weight is 338 g/mol. The maximum absolute atomic E-state index is 10.6. The first kappa shape index (κ1) is 19.2. The van der Waals surface area contributed by atoms with Crippen LogP contribution in [0.4, 0.5) is 18.9 Å². The van der Waals surface area contributed by atoms with Crippen LogP contribution in [0.5, 0.6) is 0 Å². The number of methoxy groups -OCH3 is 1. The number of carboxylic acid groups (broad SMARTS) is 1. The molecule has 10 heteroatoms. The molecule has 2 rings (SSSR count). The SMILES string of the molecule is COCn1cc(NC2CCN(C)CC2)cn1.O=C(O)C(F)(F)F. The number of likely N-dealkylation sites (tertiary alicyclic amines) is 1. The summed E-state index contributed by atoms with van der Waals surface area (Å²) in [5.41, 5.74) is 1.09. The molecular formula is C13H21F3N4O3. The molecule has 0 spiro atoms. The molecule has 0 unspecified atom stereocenters. The van der Waals surface area contributed by atoms with E-state index in [1.165, 1.54) is 25.9 Å². The van der Waals surface area contributed by atoms with Crippen LogP contribution in [0.25, 0.3) is 0 Å². The zero-order chi connectivity index (χ0) is 17.5. The number of halogens is 3. The van der Waals surface area contributed by atoms with Crippen molar-refractivity contribution in [3.8, 4) is 0 Å². The minimum Gasteiger partial charge on any atom is -0.475 e. The Morgan fingerprint density at radius 2 is 2.04 bits per heavy atom. The first-order chi connectivity index (χ1) is 10.7. The van der Waals surface area contributed by atoms with Crippen LogP contribution in [0.2, 0.25) is 0 Å². The van der Waals surface area contributed by atoms with Crippen LogP contribution in [0.1, 0.15) is 12.8 Å². The Morgan fingerprint density at radius 3 is 2.52 bits per heavy atom. The van der Waals surface area contributed by atoms with Gasteiger partial charge >= 0.3 is 12.1 Å². The van der Waals surface area contributed by atoms with E-state index in [9.17, 15) is 13.2 Å². The van der Waals surface area contributed by atoms with Crippen molar-refractivity contribution >= 4 is 11.7 Å². The van der Waals surface area contributed by atoms with E-state index in [2.05, 4.69) is 22.4 Å². The molecule has 0 saturated carbocycles. The maximum atomic E-state index is 10.6. The highest BCUT2D eigenvalue weighted by atomic mass is 19.4. The lowest BCUT2D eigenvalue weighted by Gasteiger charge is -2.29. The van der Waals surface area contributed by atoms with Crippen molar-refractivity contribution in [2.24, 2.45) is 0 Å². The minimum atomic E-state index is -5.08. The largest absolute Gasteiger partial charge is 0.490 e. The van der Waals surface area contributed by atoms with Gasteiger partial charge in [-0.05, 0) is 33.0 Å². The molecule has 0 aliphatic carbocycles. The highest BCUT2D eigenvalue weighted by molar-refractivity contribution is 5.73. The van der Waals surface area contributed by atoms with E-state index < -0.39 is 12.1 Å².